The van der Waals surface area contributed by atoms with E-state index in [1.807, 2.05) is 11.3 Å². The predicted molar refractivity (Wildman–Crippen MR) is 107 cm³/mol. The van der Waals surface area contributed by atoms with E-state index in [-0.39, 0.29) is 11.5 Å². The van der Waals surface area contributed by atoms with E-state index in [9.17, 15) is 4.79 Å². The maximum atomic E-state index is 12.3. The highest BCUT2D eigenvalue weighted by molar-refractivity contribution is 7.12. The van der Waals surface area contributed by atoms with Gasteiger partial charge in [-0.05, 0) is 31.4 Å². The summed E-state index contributed by atoms with van der Waals surface area (Å²) in [7, 11) is 0. The third kappa shape index (κ3) is 3.14. The summed E-state index contributed by atoms with van der Waals surface area (Å²) in [5.41, 5.74) is 2.25. The van der Waals surface area contributed by atoms with Gasteiger partial charge in [0.05, 0.1) is 17.2 Å². The maximum absolute atomic E-state index is 12.3. The van der Waals surface area contributed by atoms with Crippen LogP contribution >= 0.6 is 22.7 Å². The second-order valence-corrected chi connectivity index (χ2v) is 9.98. The van der Waals surface area contributed by atoms with Gasteiger partial charge in [0.15, 0.2) is 0 Å². The smallest absolute Gasteiger partial charge is 0.270 e. The van der Waals surface area contributed by atoms with Crippen molar-refractivity contribution in [2.24, 2.45) is 11.8 Å². The number of amides is 1. The Bertz CT molecular complexity index is 821. The zero-order chi connectivity index (χ0) is 18.4. The minimum Gasteiger partial charge on any atom is -0.370 e. The molecule has 144 valence electrons. The van der Waals surface area contributed by atoms with Crippen molar-refractivity contribution in [3.8, 4) is 0 Å². The molecule has 5 heterocycles. The standard InChI is InChI=1S/C20H25N3O2S2/c1-2-13-3-4-14(27-13)8-23-9-16-15(18-5-6-20(16,11-23)25-18)7-21-19(24)17-10-26-12-22-17/h3-4,10,12,15-16,18H,2,5-9,11H2,1H3,(H,21,24)/t15-,16+,18+,20+/m0/s1. The van der Waals surface area contributed by atoms with E-state index in [1.165, 1.54) is 27.5 Å². The van der Waals surface area contributed by atoms with Crippen molar-refractivity contribution in [3.05, 3.63) is 38.5 Å². The molecule has 0 saturated carbocycles. The molecule has 1 N–H and O–H groups in total. The fourth-order valence-electron chi connectivity index (χ4n) is 5.22. The Morgan fingerprint density at radius 3 is 3.11 bits per heavy atom. The highest BCUT2D eigenvalue weighted by Crippen LogP contribution is 2.54. The minimum absolute atomic E-state index is 0.0194. The lowest BCUT2D eigenvalue weighted by Crippen LogP contribution is -2.42. The topological polar surface area (TPSA) is 54.5 Å². The molecule has 1 spiro atoms. The largest absolute Gasteiger partial charge is 0.370 e. The molecule has 0 aliphatic carbocycles. The number of nitrogens with zero attached hydrogens (tertiary/aromatic N) is 2. The van der Waals surface area contributed by atoms with Crippen LogP contribution in [0.2, 0.25) is 0 Å². The number of hydrogen-bond donors (Lipinski definition) is 1. The Labute approximate surface area is 167 Å². The molecule has 0 unspecified atom stereocenters. The van der Waals surface area contributed by atoms with Crippen LogP contribution in [0, 0.1) is 11.8 Å². The summed E-state index contributed by atoms with van der Waals surface area (Å²) in [5, 5.41) is 4.91. The number of nitrogens with one attached hydrogen (secondary N) is 1. The quantitative estimate of drug-likeness (QED) is 0.805. The van der Waals surface area contributed by atoms with Gasteiger partial charge in [-0.25, -0.2) is 4.98 Å². The zero-order valence-electron chi connectivity index (χ0n) is 15.5. The van der Waals surface area contributed by atoms with Gasteiger partial charge in [-0.1, -0.05) is 6.92 Å². The molecular formula is C20H25N3O2S2. The SMILES string of the molecule is CCc1ccc(CN2C[C@@H]3[C@H](CNC(=O)c4cscn4)[C@H]4CC[C@]3(C2)O4)s1. The fourth-order valence-corrected chi connectivity index (χ4v) is 6.76. The number of hydrogen-bond acceptors (Lipinski definition) is 6. The van der Waals surface area contributed by atoms with Crippen LogP contribution < -0.4 is 5.32 Å². The van der Waals surface area contributed by atoms with Crippen molar-refractivity contribution >= 4 is 28.6 Å². The second kappa shape index (κ2) is 6.95. The van der Waals surface area contributed by atoms with Gasteiger partial charge in [0.2, 0.25) is 0 Å². The molecule has 2 bridgehead atoms. The Morgan fingerprint density at radius 1 is 1.44 bits per heavy atom. The van der Waals surface area contributed by atoms with Gasteiger partial charge in [-0.2, -0.15) is 0 Å². The van der Waals surface area contributed by atoms with Crippen molar-refractivity contribution in [1.82, 2.24) is 15.2 Å². The van der Waals surface area contributed by atoms with E-state index < -0.39 is 0 Å². The first-order valence-electron chi connectivity index (χ1n) is 9.81. The normalized spacial score (nSPS) is 32.1. The molecule has 5 nitrogen and oxygen atoms in total. The maximum Gasteiger partial charge on any atom is 0.270 e. The van der Waals surface area contributed by atoms with Gasteiger partial charge in [0.1, 0.15) is 5.69 Å². The highest BCUT2D eigenvalue weighted by atomic mass is 32.1. The number of rotatable bonds is 6. The molecule has 7 heteroatoms. The first-order chi connectivity index (χ1) is 13.2. The summed E-state index contributed by atoms with van der Waals surface area (Å²) in [6, 6.07) is 4.53. The number of thiophene rings is 1. The van der Waals surface area contributed by atoms with Crippen LogP contribution in [0.4, 0.5) is 0 Å². The van der Waals surface area contributed by atoms with E-state index in [0.717, 1.165) is 32.5 Å². The molecule has 3 saturated heterocycles. The number of carbonyl (C=O) groups excluding carboxylic acids is 1. The van der Waals surface area contributed by atoms with Crippen LogP contribution in [0.3, 0.4) is 0 Å². The van der Waals surface area contributed by atoms with Crippen molar-refractivity contribution in [1.29, 1.82) is 0 Å². The molecular weight excluding hydrogens is 378 g/mol. The Hall–Kier alpha value is -1.28. The first kappa shape index (κ1) is 17.8. The predicted octanol–water partition coefficient (Wildman–Crippen LogP) is 3.18. The summed E-state index contributed by atoms with van der Waals surface area (Å²) >= 11 is 3.39. The molecule has 3 aliphatic rings. The molecule has 5 rings (SSSR count). The van der Waals surface area contributed by atoms with E-state index in [4.69, 9.17) is 4.74 Å². The number of fused-ring (bicyclic) bond motifs is 1. The molecule has 2 aromatic heterocycles. The number of thiazole rings is 1. The van der Waals surface area contributed by atoms with Gasteiger partial charge in [0, 0.05) is 53.1 Å². The summed E-state index contributed by atoms with van der Waals surface area (Å²) in [5.74, 6) is 0.882. The molecule has 1 amide bonds. The lowest BCUT2D eigenvalue weighted by atomic mass is 9.73. The number of likely N-dealkylation sites (tertiary alicyclic amines) is 1. The van der Waals surface area contributed by atoms with Crippen LogP contribution in [0.25, 0.3) is 0 Å². The van der Waals surface area contributed by atoms with E-state index >= 15 is 0 Å². The van der Waals surface area contributed by atoms with Crippen molar-refractivity contribution < 1.29 is 9.53 Å². The zero-order valence-corrected chi connectivity index (χ0v) is 17.2. The number of ether oxygens (including phenoxy) is 1. The lowest BCUT2D eigenvalue weighted by molar-refractivity contribution is 0.00219. The van der Waals surface area contributed by atoms with Gasteiger partial charge < -0.3 is 10.1 Å². The number of carbonyl (C=O) groups is 1. The Morgan fingerprint density at radius 2 is 2.33 bits per heavy atom. The van der Waals surface area contributed by atoms with Crippen molar-refractivity contribution in [2.75, 3.05) is 19.6 Å². The minimum atomic E-state index is -0.0615. The second-order valence-electron chi connectivity index (χ2n) is 8.01. The third-order valence-corrected chi connectivity index (χ3v) is 8.26. The summed E-state index contributed by atoms with van der Waals surface area (Å²) in [4.78, 5) is 21.9. The Kier molecular flexibility index (Phi) is 4.58. The van der Waals surface area contributed by atoms with Gasteiger partial charge in [-0.15, -0.1) is 22.7 Å². The van der Waals surface area contributed by atoms with Gasteiger partial charge >= 0.3 is 0 Å². The van der Waals surface area contributed by atoms with Gasteiger partial charge in [0.25, 0.3) is 5.91 Å². The van der Waals surface area contributed by atoms with Crippen molar-refractivity contribution in [2.45, 2.75) is 44.4 Å². The van der Waals surface area contributed by atoms with E-state index in [0.29, 0.717) is 30.2 Å². The molecule has 2 aromatic rings. The molecule has 3 aliphatic heterocycles. The molecule has 27 heavy (non-hydrogen) atoms. The average molecular weight is 404 g/mol. The van der Waals surface area contributed by atoms with E-state index in [1.54, 1.807) is 10.9 Å². The monoisotopic (exact) mass is 403 g/mol. The van der Waals surface area contributed by atoms with Crippen LogP contribution in [-0.2, 0) is 17.7 Å². The van der Waals surface area contributed by atoms with Crippen LogP contribution in [0.5, 0.6) is 0 Å². The van der Waals surface area contributed by atoms with Crippen LogP contribution in [0.1, 0.15) is 40.0 Å². The third-order valence-electron chi connectivity index (χ3n) is 6.46. The molecule has 0 aromatic carbocycles. The van der Waals surface area contributed by atoms with Gasteiger partial charge in [-0.3, -0.25) is 9.69 Å². The highest BCUT2D eigenvalue weighted by Gasteiger charge is 2.62. The van der Waals surface area contributed by atoms with Crippen molar-refractivity contribution in [3.63, 3.8) is 0 Å². The van der Waals surface area contributed by atoms with Crippen LogP contribution in [0.15, 0.2) is 23.0 Å². The molecule has 0 radical (unpaired) electrons. The summed E-state index contributed by atoms with van der Waals surface area (Å²) in [6.45, 7) is 6.04. The van der Waals surface area contributed by atoms with Crippen LogP contribution in [-0.4, -0.2) is 47.1 Å². The average Bonchev–Trinajstić information content (AvgIpc) is 3.45. The molecule has 3 fully saturated rings. The fraction of sp³-hybridized carbons (Fsp3) is 0.600. The number of aryl methyl sites for hydroxylation is 1. The lowest BCUT2D eigenvalue weighted by Gasteiger charge is -2.29. The number of aromatic nitrogens is 1. The Balaban J connectivity index is 1.24. The first-order valence-corrected chi connectivity index (χ1v) is 11.6. The van der Waals surface area contributed by atoms with E-state index in [2.05, 4.69) is 34.3 Å². The summed E-state index contributed by atoms with van der Waals surface area (Å²) in [6.07, 6.45) is 3.71. The summed E-state index contributed by atoms with van der Waals surface area (Å²) < 4.78 is 6.51. The molecule has 4 atom stereocenters.